The number of aromatic amines is 1. The zero-order valence-corrected chi connectivity index (χ0v) is 15.7. The highest BCUT2D eigenvalue weighted by molar-refractivity contribution is 5.96. The molecule has 1 amide bonds. The fraction of sp³-hybridized carbons (Fsp3) is 0.227. The third-order valence-electron chi connectivity index (χ3n) is 4.54. The number of hydrogen-bond acceptors (Lipinski definition) is 3. The molecule has 0 atom stereocenters. The van der Waals surface area contributed by atoms with Crippen molar-refractivity contribution in [2.75, 3.05) is 5.32 Å². The Labute approximate surface area is 157 Å². The number of rotatable bonds is 3. The van der Waals surface area contributed by atoms with E-state index in [2.05, 4.69) is 41.0 Å². The van der Waals surface area contributed by atoms with Crippen LogP contribution in [0.4, 0.5) is 5.69 Å². The molecule has 2 aromatic heterocycles. The highest BCUT2D eigenvalue weighted by Crippen LogP contribution is 2.24. The molecular weight excluding hydrogens is 336 g/mol. The standard InChI is InChI=1S/C22H22N4O/c1-22(2,3)21-25-17-10-9-16(13-18(17)26-21)24-19(27)12-15-7-4-6-14-8-5-11-23-20(14)15/h4-11,13H,12H2,1-3H3,(H,24,27)(H,25,26). The molecular formula is C22H22N4O. The Morgan fingerprint density at radius 3 is 2.74 bits per heavy atom. The molecule has 0 radical (unpaired) electrons. The Balaban J connectivity index is 1.55. The van der Waals surface area contributed by atoms with E-state index in [0.717, 1.165) is 39.0 Å². The third-order valence-corrected chi connectivity index (χ3v) is 4.54. The Kier molecular flexibility index (Phi) is 4.15. The minimum atomic E-state index is -0.0666. The third kappa shape index (κ3) is 3.53. The van der Waals surface area contributed by atoms with E-state index < -0.39 is 0 Å². The van der Waals surface area contributed by atoms with E-state index in [1.165, 1.54) is 0 Å². The molecule has 0 aliphatic rings. The number of anilines is 1. The van der Waals surface area contributed by atoms with Crippen LogP contribution in [0.2, 0.25) is 0 Å². The topological polar surface area (TPSA) is 70.7 Å². The van der Waals surface area contributed by atoms with Gasteiger partial charge in [0.1, 0.15) is 5.82 Å². The molecule has 0 unspecified atom stereocenters. The van der Waals surface area contributed by atoms with Crippen LogP contribution in [0.25, 0.3) is 21.9 Å². The summed E-state index contributed by atoms with van der Waals surface area (Å²) in [7, 11) is 0. The monoisotopic (exact) mass is 358 g/mol. The summed E-state index contributed by atoms with van der Waals surface area (Å²) >= 11 is 0. The molecule has 0 aliphatic heterocycles. The molecule has 2 N–H and O–H groups in total. The molecule has 0 spiro atoms. The van der Waals surface area contributed by atoms with Gasteiger partial charge in [0, 0.05) is 22.7 Å². The van der Waals surface area contributed by atoms with E-state index in [0.29, 0.717) is 0 Å². The van der Waals surface area contributed by atoms with Gasteiger partial charge in [0.25, 0.3) is 0 Å². The van der Waals surface area contributed by atoms with Crippen LogP contribution in [-0.4, -0.2) is 20.9 Å². The second-order valence-electron chi connectivity index (χ2n) is 7.78. The molecule has 2 aromatic carbocycles. The summed E-state index contributed by atoms with van der Waals surface area (Å²) in [6, 6.07) is 15.5. The highest BCUT2D eigenvalue weighted by Gasteiger charge is 2.18. The lowest BCUT2D eigenvalue weighted by molar-refractivity contribution is -0.115. The maximum absolute atomic E-state index is 12.6. The number of fused-ring (bicyclic) bond motifs is 2. The van der Waals surface area contributed by atoms with Gasteiger partial charge in [-0.15, -0.1) is 0 Å². The van der Waals surface area contributed by atoms with Gasteiger partial charge >= 0.3 is 0 Å². The first-order chi connectivity index (χ1) is 12.9. The normalized spacial score (nSPS) is 11.8. The number of hydrogen-bond donors (Lipinski definition) is 2. The van der Waals surface area contributed by atoms with E-state index in [4.69, 9.17) is 0 Å². The summed E-state index contributed by atoms with van der Waals surface area (Å²) in [4.78, 5) is 25.0. The van der Waals surface area contributed by atoms with Crippen LogP contribution < -0.4 is 5.32 Å². The predicted molar refractivity (Wildman–Crippen MR) is 109 cm³/mol. The van der Waals surface area contributed by atoms with Crippen molar-refractivity contribution in [1.82, 2.24) is 15.0 Å². The van der Waals surface area contributed by atoms with Crippen LogP contribution in [0.1, 0.15) is 32.2 Å². The van der Waals surface area contributed by atoms with Crippen molar-refractivity contribution in [3.8, 4) is 0 Å². The lowest BCUT2D eigenvalue weighted by atomic mass is 9.96. The van der Waals surface area contributed by atoms with Gasteiger partial charge in [0.2, 0.25) is 5.91 Å². The summed E-state index contributed by atoms with van der Waals surface area (Å²) in [5.41, 5.74) is 4.31. The zero-order chi connectivity index (χ0) is 19.0. The largest absolute Gasteiger partial charge is 0.341 e. The smallest absolute Gasteiger partial charge is 0.228 e. The minimum Gasteiger partial charge on any atom is -0.341 e. The lowest BCUT2D eigenvalue weighted by Crippen LogP contribution is -2.14. The first-order valence-corrected chi connectivity index (χ1v) is 9.03. The second-order valence-corrected chi connectivity index (χ2v) is 7.78. The average Bonchev–Trinajstić information content (AvgIpc) is 3.06. The molecule has 0 saturated carbocycles. The first kappa shape index (κ1) is 17.2. The van der Waals surface area contributed by atoms with E-state index >= 15 is 0 Å². The molecule has 4 rings (SSSR count). The number of imidazole rings is 1. The SMILES string of the molecule is CC(C)(C)c1nc2ccc(NC(=O)Cc3cccc4cccnc34)cc2[nH]1. The van der Waals surface area contributed by atoms with E-state index in [1.807, 2.05) is 48.5 Å². The number of nitrogens with one attached hydrogen (secondary N) is 2. The first-order valence-electron chi connectivity index (χ1n) is 9.03. The fourth-order valence-corrected chi connectivity index (χ4v) is 3.13. The number of carbonyl (C=O) groups excluding carboxylic acids is 1. The Hall–Kier alpha value is -3.21. The van der Waals surface area contributed by atoms with Crippen molar-refractivity contribution in [3.63, 3.8) is 0 Å². The van der Waals surface area contributed by atoms with Crippen molar-refractivity contribution < 1.29 is 4.79 Å². The highest BCUT2D eigenvalue weighted by atomic mass is 16.1. The molecule has 4 aromatic rings. The number of para-hydroxylation sites is 1. The number of aromatic nitrogens is 3. The van der Waals surface area contributed by atoms with Crippen LogP contribution in [-0.2, 0) is 16.6 Å². The number of pyridine rings is 1. The van der Waals surface area contributed by atoms with Crippen LogP contribution in [0.3, 0.4) is 0 Å². The Morgan fingerprint density at radius 2 is 1.93 bits per heavy atom. The van der Waals surface area contributed by atoms with Gasteiger partial charge in [0.05, 0.1) is 23.0 Å². The second kappa shape index (κ2) is 6.50. The van der Waals surface area contributed by atoms with Gasteiger partial charge in [-0.2, -0.15) is 0 Å². The maximum Gasteiger partial charge on any atom is 0.228 e. The molecule has 27 heavy (non-hydrogen) atoms. The number of benzene rings is 2. The van der Waals surface area contributed by atoms with Crippen LogP contribution >= 0.6 is 0 Å². The average molecular weight is 358 g/mol. The van der Waals surface area contributed by atoms with E-state index in [1.54, 1.807) is 6.20 Å². The molecule has 136 valence electrons. The van der Waals surface area contributed by atoms with Crippen LogP contribution in [0.5, 0.6) is 0 Å². The molecule has 0 aliphatic carbocycles. The van der Waals surface area contributed by atoms with Crippen molar-refractivity contribution in [2.45, 2.75) is 32.6 Å². The molecule has 0 bridgehead atoms. The van der Waals surface area contributed by atoms with Crippen molar-refractivity contribution in [3.05, 3.63) is 66.1 Å². The molecule has 0 fully saturated rings. The van der Waals surface area contributed by atoms with Crippen LogP contribution in [0, 0.1) is 0 Å². The van der Waals surface area contributed by atoms with Crippen molar-refractivity contribution in [2.24, 2.45) is 0 Å². The van der Waals surface area contributed by atoms with Crippen LogP contribution in [0.15, 0.2) is 54.7 Å². The van der Waals surface area contributed by atoms with E-state index in [-0.39, 0.29) is 17.7 Å². The van der Waals surface area contributed by atoms with Crippen molar-refractivity contribution in [1.29, 1.82) is 0 Å². The lowest BCUT2D eigenvalue weighted by Gasteiger charge is -2.13. The summed E-state index contributed by atoms with van der Waals surface area (Å²) < 4.78 is 0. The summed E-state index contributed by atoms with van der Waals surface area (Å²) in [5, 5.41) is 4.02. The van der Waals surface area contributed by atoms with Crippen molar-refractivity contribution >= 4 is 33.5 Å². The number of nitrogens with zero attached hydrogens (tertiary/aromatic N) is 2. The quantitative estimate of drug-likeness (QED) is 0.563. The predicted octanol–water partition coefficient (Wildman–Crippen LogP) is 4.59. The fourth-order valence-electron chi connectivity index (χ4n) is 3.13. The summed E-state index contributed by atoms with van der Waals surface area (Å²) in [5.74, 6) is 0.867. The zero-order valence-electron chi connectivity index (χ0n) is 15.7. The van der Waals surface area contributed by atoms with Gasteiger partial charge in [-0.25, -0.2) is 4.98 Å². The molecule has 5 nitrogen and oxygen atoms in total. The van der Waals surface area contributed by atoms with Gasteiger partial charge in [0.15, 0.2) is 0 Å². The number of H-pyrrole nitrogens is 1. The Morgan fingerprint density at radius 1 is 1.11 bits per heavy atom. The van der Waals surface area contributed by atoms with Gasteiger partial charge in [-0.1, -0.05) is 45.0 Å². The number of carbonyl (C=O) groups is 1. The molecule has 5 heteroatoms. The Bertz CT molecular complexity index is 1130. The molecule has 0 saturated heterocycles. The maximum atomic E-state index is 12.6. The summed E-state index contributed by atoms with van der Waals surface area (Å²) in [6.45, 7) is 6.35. The van der Waals surface area contributed by atoms with E-state index in [9.17, 15) is 4.79 Å². The van der Waals surface area contributed by atoms with Gasteiger partial charge < -0.3 is 10.3 Å². The molecule has 2 heterocycles. The summed E-state index contributed by atoms with van der Waals surface area (Å²) in [6.07, 6.45) is 2.03. The minimum absolute atomic E-state index is 0.0518. The van der Waals surface area contributed by atoms with Gasteiger partial charge in [-0.3, -0.25) is 9.78 Å². The van der Waals surface area contributed by atoms with Gasteiger partial charge in [-0.05, 0) is 29.8 Å². The number of amides is 1.